The first-order valence-electron chi connectivity index (χ1n) is 3.17. The van der Waals surface area contributed by atoms with Crippen molar-refractivity contribution in [1.29, 1.82) is 0 Å². The Bertz CT molecular complexity index is 165. The fourth-order valence-corrected chi connectivity index (χ4v) is 0.679. The molecular formula is C7H13NO2. The van der Waals surface area contributed by atoms with Gasteiger partial charge in [0.15, 0.2) is 0 Å². The van der Waals surface area contributed by atoms with Gasteiger partial charge in [-0.05, 0) is 11.5 Å². The van der Waals surface area contributed by atoms with Gasteiger partial charge in [0.1, 0.15) is 0 Å². The molecule has 3 nitrogen and oxygen atoms in total. The SMILES string of the molecule is CC(=CC(C)(C)C)[N+](=O)[O-]. The first-order chi connectivity index (χ1) is 4.33. The minimum Gasteiger partial charge on any atom is -0.259 e. The molecule has 0 aliphatic carbocycles. The molecule has 0 aliphatic heterocycles. The number of nitrogens with zero attached hydrogens (tertiary/aromatic N) is 1. The average molecular weight is 143 g/mol. The van der Waals surface area contributed by atoms with Crippen LogP contribution in [0.5, 0.6) is 0 Å². The highest BCUT2D eigenvalue weighted by Gasteiger charge is 2.11. The Balaban J connectivity index is 4.32. The second kappa shape index (κ2) is 2.82. The van der Waals surface area contributed by atoms with E-state index in [1.807, 2.05) is 20.8 Å². The minimum absolute atomic E-state index is 0.100. The van der Waals surface area contributed by atoms with Crippen LogP contribution in [0.4, 0.5) is 0 Å². The third-order valence-corrected chi connectivity index (χ3v) is 0.930. The molecule has 0 heterocycles. The monoisotopic (exact) mass is 143 g/mol. The summed E-state index contributed by atoms with van der Waals surface area (Å²) in [6.45, 7) is 7.30. The first-order valence-corrected chi connectivity index (χ1v) is 3.17. The van der Waals surface area contributed by atoms with Crippen molar-refractivity contribution in [2.24, 2.45) is 5.41 Å². The molecule has 3 heteroatoms. The van der Waals surface area contributed by atoms with Gasteiger partial charge in [-0.3, -0.25) is 10.1 Å². The van der Waals surface area contributed by atoms with Gasteiger partial charge >= 0.3 is 0 Å². The Kier molecular flexibility index (Phi) is 2.57. The molecule has 0 saturated carbocycles. The third-order valence-electron chi connectivity index (χ3n) is 0.930. The molecule has 0 aromatic heterocycles. The smallest absolute Gasteiger partial charge is 0.239 e. The van der Waals surface area contributed by atoms with Crippen LogP contribution in [0.25, 0.3) is 0 Å². The van der Waals surface area contributed by atoms with E-state index in [0.717, 1.165) is 0 Å². The predicted octanol–water partition coefficient (Wildman–Crippen LogP) is 2.21. The fourth-order valence-electron chi connectivity index (χ4n) is 0.679. The average Bonchev–Trinajstić information content (AvgIpc) is 1.60. The molecule has 0 spiro atoms. The quantitative estimate of drug-likeness (QED) is 0.417. The molecule has 0 saturated heterocycles. The Hall–Kier alpha value is -0.860. The van der Waals surface area contributed by atoms with Crippen LogP contribution in [0.2, 0.25) is 0 Å². The van der Waals surface area contributed by atoms with Crippen molar-refractivity contribution in [2.75, 3.05) is 0 Å². The Labute approximate surface area is 60.9 Å². The second-order valence-corrected chi connectivity index (χ2v) is 3.41. The zero-order valence-electron chi connectivity index (χ0n) is 6.84. The van der Waals surface area contributed by atoms with Gasteiger partial charge in [-0.1, -0.05) is 20.8 Å². The summed E-state index contributed by atoms with van der Waals surface area (Å²) in [5.41, 5.74) is 0.115. The number of hydrogen-bond acceptors (Lipinski definition) is 2. The molecule has 0 fully saturated rings. The molecule has 0 unspecified atom stereocenters. The number of allylic oxidation sites excluding steroid dienone is 2. The zero-order valence-corrected chi connectivity index (χ0v) is 6.84. The van der Waals surface area contributed by atoms with E-state index in [-0.39, 0.29) is 16.0 Å². The van der Waals surface area contributed by atoms with Crippen molar-refractivity contribution in [1.82, 2.24) is 0 Å². The van der Waals surface area contributed by atoms with Crippen LogP contribution in [0.1, 0.15) is 27.7 Å². The largest absolute Gasteiger partial charge is 0.259 e. The van der Waals surface area contributed by atoms with Crippen LogP contribution in [-0.2, 0) is 0 Å². The predicted molar refractivity (Wildman–Crippen MR) is 40.2 cm³/mol. The second-order valence-electron chi connectivity index (χ2n) is 3.41. The summed E-state index contributed by atoms with van der Waals surface area (Å²) in [4.78, 5) is 9.74. The van der Waals surface area contributed by atoms with Crippen LogP contribution in [0.3, 0.4) is 0 Å². The normalized spacial score (nSPS) is 13.4. The van der Waals surface area contributed by atoms with E-state index in [9.17, 15) is 10.1 Å². The topological polar surface area (TPSA) is 43.1 Å². The van der Waals surface area contributed by atoms with E-state index in [2.05, 4.69) is 0 Å². The van der Waals surface area contributed by atoms with Crippen LogP contribution >= 0.6 is 0 Å². The lowest BCUT2D eigenvalue weighted by Crippen LogP contribution is -2.04. The third kappa shape index (κ3) is 4.06. The standard InChI is InChI=1S/C7H13NO2/c1-6(8(9)10)5-7(2,3)4/h5H,1-4H3. The van der Waals surface area contributed by atoms with Gasteiger partial charge < -0.3 is 0 Å². The van der Waals surface area contributed by atoms with Crippen LogP contribution < -0.4 is 0 Å². The van der Waals surface area contributed by atoms with E-state index in [0.29, 0.717) is 0 Å². The molecule has 58 valence electrons. The van der Waals surface area contributed by atoms with Crippen molar-refractivity contribution in [3.63, 3.8) is 0 Å². The van der Waals surface area contributed by atoms with Crippen molar-refractivity contribution >= 4 is 0 Å². The molecule has 0 aliphatic rings. The van der Waals surface area contributed by atoms with E-state index in [1.165, 1.54) is 6.92 Å². The van der Waals surface area contributed by atoms with Crippen LogP contribution in [0.15, 0.2) is 11.8 Å². The molecule has 0 aromatic rings. The molecule has 0 atom stereocenters. The molecule has 10 heavy (non-hydrogen) atoms. The Morgan fingerprint density at radius 1 is 1.50 bits per heavy atom. The summed E-state index contributed by atoms with van der Waals surface area (Å²) in [5.74, 6) is 0. The number of rotatable bonds is 1. The summed E-state index contributed by atoms with van der Waals surface area (Å²) in [5, 5.41) is 10.1. The number of nitro groups is 1. The first kappa shape index (κ1) is 9.14. The minimum atomic E-state index is -0.370. The molecule has 0 amide bonds. The summed E-state index contributed by atoms with van der Waals surface area (Å²) >= 11 is 0. The zero-order chi connectivity index (χ0) is 8.36. The van der Waals surface area contributed by atoms with Crippen molar-refractivity contribution in [3.05, 3.63) is 21.9 Å². The maximum atomic E-state index is 10.1. The van der Waals surface area contributed by atoms with E-state index < -0.39 is 0 Å². The lowest BCUT2D eigenvalue weighted by atomic mass is 9.96. The molecule has 0 N–H and O–H groups in total. The Morgan fingerprint density at radius 2 is 1.90 bits per heavy atom. The summed E-state index contributed by atoms with van der Waals surface area (Å²) in [6, 6.07) is 0. The van der Waals surface area contributed by atoms with Crippen molar-refractivity contribution in [3.8, 4) is 0 Å². The van der Waals surface area contributed by atoms with E-state index in [4.69, 9.17) is 0 Å². The van der Waals surface area contributed by atoms with Crippen molar-refractivity contribution in [2.45, 2.75) is 27.7 Å². The van der Waals surface area contributed by atoms with E-state index in [1.54, 1.807) is 6.08 Å². The molecule has 0 radical (unpaired) electrons. The molecular weight excluding hydrogens is 130 g/mol. The fraction of sp³-hybridized carbons (Fsp3) is 0.714. The van der Waals surface area contributed by atoms with Crippen LogP contribution in [-0.4, -0.2) is 4.92 Å². The summed E-state index contributed by atoms with van der Waals surface area (Å²) < 4.78 is 0. The molecule has 0 bridgehead atoms. The molecule has 0 aromatic carbocycles. The maximum Gasteiger partial charge on any atom is 0.239 e. The van der Waals surface area contributed by atoms with Gasteiger partial charge in [0.2, 0.25) is 5.70 Å². The van der Waals surface area contributed by atoms with Crippen LogP contribution in [0, 0.1) is 15.5 Å². The lowest BCUT2D eigenvalue weighted by Gasteiger charge is -2.09. The Morgan fingerprint density at radius 3 is 2.00 bits per heavy atom. The number of hydrogen-bond donors (Lipinski definition) is 0. The van der Waals surface area contributed by atoms with Gasteiger partial charge in [-0.15, -0.1) is 0 Å². The van der Waals surface area contributed by atoms with E-state index >= 15 is 0 Å². The molecule has 0 rings (SSSR count). The lowest BCUT2D eigenvalue weighted by molar-refractivity contribution is -0.425. The van der Waals surface area contributed by atoms with Gasteiger partial charge in [0, 0.05) is 6.92 Å². The van der Waals surface area contributed by atoms with Gasteiger partial charge in [0.05, 0.1) is 4.92 Å². The van der Waals surface area contributed by atoms with Gasteiger partial charge in [-0.2, -0.15) is 0 Å². The maximum absolute atomic E-state index is 10.1. The van der Waals surface area contributed by atoms with Crippen molar-refractivity contribution < 1.29 is 4.92 Å². The highest BCUT2D eigenvalue weighted by atomic mass is 16.6. The highest BCUT2D eigenvalue weighted by Crippen LogP contribution is 2.17. The van der Waals surface area contributed by atoms with Gasteiger partial charge in [-0.25, -0.2) is 0 Å². The highest BCUT2D eigenvalue weighted by molar-refractivity contribution is 4.95. The van der Waals surface area contributed by atoms with Gasteiger partial charge in [0.25, 0.3) is 0 Å². The summed E-state index contributed by atoms with van der Waals surface area (Å²) in [6.07, 6.45) is 1.65. The summed E-state index contributed by atoms with van der Waals surface area (Å²) in [7, 11) is 0.